The summed E-state index contributed by atoms with van der Waals surface area (Å²) in [6.45, 7) is -0.291. The molecule has 0 unspecified atom stereocenters. The number of anilines is 1. The summed E-state index contributed by atoms with van der Waals surface area (Å²) in [4.78, 5) is 68.3. The van der Waals surface area contributed by atoms with Crippen LogP contribution in [0.3, 0.4) is 0 Å². The van der Waals surface area contributed by atoms with E-state index in [1.165, 1.54) is 18.1 Å². The number of nitrogens with two attached hydrogens (primary N) is 2. The molecule has 0 bridgehead atoms. The van der Waals surface area contributed by atoms with E-state index in [9.17, 15) is 24.0 Å². The number of aromatic amines is 1. The number of rotatable bonds is 13. The molecule has 0 aliphatic carbocycles. The summed E-state index contributed by atoms with van der Waals surface area (Å²) < 4.78 is 1.57. The number of carbonyl (C=O) groups excluding carboxylic acids is 2. The molecule has 2 heterocycles. The summed E-state index contributed by atoms with van der Waals surface area (Å²) >= 11 is 1.26. The van der Waals surface area contributed by atoms with Gasteiger partial charge >= 0.3 is 11.9 Å². The van der Waals surface area contributed by atoms with Crippen molar-refractivity contribution in [2.24, 2.45) is 5.73 Å². The number of nitrogens with zero attached hydrogens (tertiary/aromatic N) is 3. The fourth-order valence-corrected chi connectivity index (χ4v) is 3.64. The molecule has 16 heteroatoms. The Morgan fingerprint density at radius 3 is 2.67 bits per heavy atom. The van der Waals surface area contributed by atoms with Gasteiger partial charge in [0.1, 0.15) is 18.6 Å². The Labute approximate surface area is 190 Å². The van der Waals surface area contributed by atoms with Crippen LogP contribution in [-0.4, -0.2) is 83.6 Å². The number of carboxylic acid groups (broad SMARTS) is 2. The van der Waals surface area contributed by atoms with Crippen LogP contribution in [0.4, 0.5) is 5.95 Å². The third-order valence-electron chi connectivity index (χ3n) is 4.33. The van der Waals surface area contributed by atoms with Crippen LogP contribution in [0, 0.1) is 0 Å². The number of amides is 2. The second kappa shape index (κ2) is 11.8. The smallest absolute Gasteiger partial charge is 0.322 e. The normalized spacial score (nSPS) is 12.8. The van der Waals surface area contributed by atoms with Gasteiger partial charge in [-0.3, -0.25) is 29.0 Å². The molecule has 15 nitrogen and oxygen atoms in total. The van der Waals surface area contributed by atoms with Gasteiger partial charge in [0.25, 0.3) is 5.56 Å². The number of H-pyrrole nitrogens is 1. The Hall–Kier alpha value is -3.66. The zero-order valence-electron chi connectivity index (χ0n) is 17.3. The molecule has 0 radical (unpaired) electrons. The molecule has 0 saturated heterocycles. The molecular formula is C17H24N8O7S. The summed E-state index contributed by atoms with van der Waals surface area (Å²) in [7, 11) is 0. The number of imidazole rings is 1. The van der Waals surface area contributed by atoms with Crippen molar-refractivity contribution in [3.8, 4) is 0 Å². The van der Waals surface area contributed by atoms with E-state index >= 15 is 0 Å². The average Bonchev–Trinajstić information content (AvgIpc) is 3.15. The molecule has 0 aliphatic rings. The number of aryl methyl sites for hydroxylation is 1. The fraction of sp³-hybridized carbons (Fsp3) is 0.471. The maximum Gasteiger partial charge on any atom is 0.322 e. The third kappa shape index (κ3) is 7.76. The van der Waals surface area contributed by atoms with Crippen molar-refractivity contribution in [1.29, 1.82) is 0 Å². The number of carboxylic acids is 2. The highest BCUT2D eigenvalue weighted by molar-refractivity contribution is 7.99. The standard InChI is InChI=1S/C17H24N8O7S/c18-8(16(31)32)1-2-10(26)22-9(14(29)20-5-11(27)28)6-33-4-3-25-7-21-13-12(25)15(30)24-17(19)23-13/h7-9H,1-6,18H2,(H,20,29)(H,22,26)(H,27,28)(H,31,32)(H3,19,23,24,30)/t8-,9-/m0/s1. The molecule has 2 aromatic rings. The van der Waals surface area contributed by atoms with Gasteiger partial charge in [0.2, 0.25) is 17.8 Å². The first-order chi connectivity index (χ1) is 15.6. The van der Waals surface area contributed by atoms with Gasteiger partial charge in [-0.2, -0.15) is 16.7 Å². The molecule has 0 saturated carbocycles. The SMILES string of the molecule is Nc1nc2ncn(CCSC[C@H](NC(=O)CC[C@H](N)C(=O)O)C(=O)NCC(=O)O)c2c(=O)[nH]1. The van der Waals surface area contributed by atoms with E-state index < -0.39 is 47.9 Å². The summed E-state index contributed by atoms with van der Waals surface area (Å²) in [6, 6.07) is -2.28. The molecule has 2 atom stereocenters. The largest absolute Gasteiger partial charge is 0.480 e. The Morgan fingerprint density at radius 2 is 2.00 bits per heavy atom. The van der Waals surface area contributed by atoms with Crippen molar-refractivity contribution in [3.05, 3.63) is 16.7 Å². The molecule has 2 aromatic heterocycles. The first-order valence-electron chi connectivity index (χ1n) is 9.64. The number of fused-ring (bicyclic) bond motifs is 1. The average molecular weight is 484 g/mol. The zero-order chi connectivity index (χ0) is 24.5. The number of nitrogen functional groups attached to an aromatic ring is 1. The topological polar surface area (TPSA) is 248 Å². The van der Waals surface area contributed by atoms with E-state index in [4.69, 9.17) is 21.7 Å². The maximum atomic E-state index is 12.3. The van der Waals surface area contributed by atoms with Gasteiger partial charge in [-0.25, -0.2) is 4.98 Å². The Kier molecular flexibility index (Phi) is 9.17. The lowest BCUT2D eigenvalue weighted by atomic mass is 10.1. The summed E-state index contributed by atoms with van der Waals surface area (Å²) in [5.74, 6) is -3.35. The lowest BCUT2D eigenvalue weighted by Gasteiger charge is -2.18. The van der Waals surface area contributed by atoms with Crippen LogP contribution in [0.2, 0.25) is 0 Å². The predicted molar refractivity (Wildman–Crippen MR) is 117 cm³/mol. The summed E-state index contributed by atoms with van der Waals surface area (Å²) in [6.07, 6.45) is 1.08. The molecule has 0 spiro atoms. The number of hydrogen-bond donors (Lipinski definition) is 7. The molecule has 0 aliphatic heterocycles. The molecule has 9 N–H and O–H groups in total. The van der Waals surface area contributed by atoms with Gasteiger partial charge in [0.15, 0.2) is 11.2 Å². The molecule has 2 amide bonds. The predicted octanol–water partition coefficient (Wildman–Crippen LogP) is -2.69. The van der Waals surface area contributed by atoms with Gasteiger partial charge in [-0.15, -0.1) is 0 Å². The molecule has 180 valence electrons. The van der Waals surface area contributed by atoms with E-state index in [2.05, 4.69) is 25.6 Å². The van der Waals surface area contributed by atoms with E-state index in [0.29, 0.717) is 12.3 Å². The number of aromatic nitrogens is 4. The van der Waals surface area contributed by atoms with Crippen molar-refractivity contribution in [2.75, 3.05) is 23.8 Å². The first-order valence-corrected chi connectivity index (χ1v) is 10.8. The zero-order valence-corrected chi connectivity index (χ0v) is 18.1. The van der Waals surface area contributed by atoms with E-state index in [1.54, 1.807) is 4.57 Å². The molecule has 0 aromatic carbocycles. The van der Waals surface area contributed by atoms with Crippen molar-refractivity contribution in [3.63, 3.8) is 0 Å². The van der Waals surface area contributed by atoms with E-state index in [0.717, 1.165) is 0 Å². The van der Waals surface area contributed by atoms with Gasteiger partial charge in [-0.1, -0.05) is 0 Å². The number of aliphatic carboxylic acids is 2. The quantitative estimate of drug-likeness (QED) is 0.144. The van der Waals surface area contributed by atoms with Crippen LogP contribution >= 0.6 is 11.8 Å². The van der Waals surface area contributed by atoms with Crippen LogP contribution in [-0.2, 0) is 25.7 Å². The van der Waals surface area contributed by atoms with Gasteiger partial charge in [0.05, 0.1) is 6.33 Å². The van der Waals surface area contributed by atoms with Crippen LogP contribution in [0.15, 0.2) is 11.1 Å². The van der Waals surface area contributed by atoms with Crippen molar-refractivity contribution < 1.29 is 29.4 Å². The number of thioether (sulfide) groups is 1. The van der Waals surface area contributed by atoms with Crippen molar-refractivity contribution in [1.82, 2.24) is 30.2 Å². The Morgan fingerprint density at radius 1 is 1.27 bits per heavy atom. The highest BCUT2D eigenvalue weighted by Gasteiger charge is 2.22. The Bertz CT molecular complexity index is 1080. The number of carbonyl (C=O) groups is 4. The Balaban J connectivity index is 1.94. The molecule has 0 fully saturated rings. The molecule has 33 heavy (non-hydrogen) atoms. The van der Waals surface area contributed by atoms with Crippen molar-refractivity contribution >= 4 is 52.6 Å². The number of nitrogens with one attached hydrogen (secondary N) is 3. The minimum Gasteiger partial charge on any atom is -0.480 e. The summed E-state index contributed by atoms with van der Waals surface area (Å²) in [5, 5.41) is 22.2. The number of hydrogen-bond acceptors (Lipinski definition) is 10. The highest BCUT2D eigenvalue weighted by Crippen LogP contribution is 2.10. The second-order valence-corrected chi connectivity index (χ2v) is 8.00. The van der Waals surface area contributed by atoms with Gasteiger partial charge < -0.3 is 36.9 Å². The summed E-state index contributed by atoms with van der Waals surface area (Å²) in [5.41, 5.74) is 10.8. The van der Waals surface area contributed by atoms with Gasteiger partial charge in [-0.05, 0) is 6.42 Å². The monoisotopic (exact) mass is 484 g/mol. The van der Waals surface area contributed by atoms with Crippen LogP contribution in [0.1, 0.15) is 12.8 Å². The van der Waals surface area contributed by atoms with Crippen LogP contribution in [0.25, 0.3) is 11.2 Å². The first kappa shape index (κ1) is 25.6. The lowest BCUT2D eigenvalue weighted by Crippen LogP contribution is -2.49. The van der Waals surface area contributed by atoms with Crippen LogP contribution < -0.4 is 27.7 Å². The van der Waals surface area contributed by atoms with Crippen LogP contribution in [0.5, 0.6) is 0 Å². The second-order valence-electron chi connectivity index (χ2n) is 6.85. The fourth-order valence-electron chi connectivity index (χ4n) is 2.68. The van der Waals surface area contributed by atoms with E-state index in [1.807, 2.05) is 0 Å². The minimum atomic E-state index is -1.25. The third-order valence-corrected chi connectivity index (χ3v) is 5.37. The highest BCUT2D eigenvalue weighted by atomic mass is 32.2. The molecular weight excluding hydrogens is 460 g/mol. The van der Waals surface area contributed by atoms with E-state index in [-0.39, 0.29) is 35.7 Å². The molecule has 2 rings (SSSR count). The van der Waals surface area contributed by atoms with Gasteiger partial charge in [0, 0.05) is 24.5 Å². The lowest BCUT2D eigenvalue weighted by molar-refractivity contribution is -0.139. The minimum absolute atomic E-state index is 0.0533. The van der Waals surface area contributed by atoms with Crippen molar-refractivity contribution in [2.45, 2.75) is 31.5 Å². The maximum absolute atomic E-state index is 12.3.